The number of ether oxygens (including phenoxy) is 1. The summed E-state index contributed by atoms with van der Waals surface area (Å²) in [5.74, 6) is -0.0644. The Hall–Kier alpha value is -3.94. The van der Waals surface area contributed by atoms with Gasteiger partial charge in [0.25, 0.3) is 11.5 Å². The summed E-state index contributed by atoms with van der Waals surface area (Å²) in [7, 11) is 3.11. The minimum absolute atomic E-state index is 0.0417. The Kier molecular flexibility index (Phi) is 4.15. The SMILES string of the molecule is COc1cccc2c(=O)c(C(=O)Nc3ccc4ncn(C)c(=O)c4c3)c[nH]c12. The van der Waals surface area contributed by atoms with Crippen LogP contribution < -0.4 is 21.0 Å². The van der Waals surface area contributed by atoms with Gasteiger partial charge in [-0.3, -0.25) is 14.4 Å². The molecule has 28 heavy (non-hydrogen) atoms. The van der Waals surface area contributed by atoms with Crippen molar-refractivity contribution in [1.82, 2.24) is 14.5 Å². The molecule has 140 valence electrons. The molecule has 0 aliphatic heterocycles. The molecule has 0 aliphatic rings. The van der Waals surface area contributed by atoms with Crippen molar-refractivity contribution in [2.24, 2.45) is 7.05 Å². The smallest absolute Gasteiger partial charge is 0.261 e. The van der Waals surface area contributed by atoms with Crippen LogP contribution in [0.1, 0.15) is 10.4 Å². The molecule has 2 N–H and O–H groups in total. The Bertz CT molecular complexity index is 1350. The molecule has 8 heteroatoms. The van der Waals surface area contributed by atoms with Gasteiger partial charge in [-0.05, 0) is 30.3 Å². The average molecular weight is 376 g/mol. The summed E-state index contributed by atoms with van der Waals surface area (Å²) in [5, 5.41) is 3.39. The first kappa shape index (κ1) is 17.5. The Morgan fingerprint density at radius 1 is 1.18 bits per heavy atom. The standard InChI is InChI=1S/C20H16N4O4/c1-24-10-22-15-7-6-11(8-13(15)20(24)27)23-19(26)14-9-21-17-12(18(14)25)4-3-5-16(17)28-2/h3-10H,1-2H3,(H,21,25)(H,23,26). The van der Waals surface area contributed by atoms with Gasteiger partial charge < -0.3 is 19.6 Å². The van der Waals surface area contributed by atoms with Crippen molar-refractivity contribution in [3.8, 4) is 5.75 Å². The van der Waals surface area contributed by atoms with Crippen LogP contribution in [-0.4, -0.2) is 27.6 Å². The highest BCUT2D eigenvalue weighted by atomic mass is 16.5. The number of fused-ring (bicyclic) bond motifs is 2. The molecule has 0 saturated heterocycles. The monoisotopic (exact) mass is 376 g/mol. The van der Waals surface area contributed by atoms with Gasteiger partial charge in [-0.15, -0.1) is 0 Å². The van der Waals surface area contributed by atoms with Gasteiger partial charge in [-0.2, -0.15) is 0 Å². The molecule has 1 amide bonds. The van der Waals surface area contributed by atoms with E-state index in [4.69, 9.17) is 4.74 Å². The highest BCUT2D eigenvalue weighted by Gasteiger charge is 2.15. The number of aromatic nitrogens is 3. The number of carbonyl (C=O) groups is 1. The van der Waals surface area contributed by atoms with E-state index in [-0.39, 0.29) is 11.1 Å². The van der Waals surface area contributed by atoms with Gasteiger partial charge in [0.1, 0.15) is 11.3 Å². The minimum Gasteiger partial charge on any atom is -0.495 e. The van der Waals surface area contributed by atoms with Gasteiger partial charge in [0.05, 0.1) is 35.2 Å². The molecule has 0 unspecified atom stereocenters. The van der Waals surface area contributed by atoms with Crippen LogP contribution in [0.25, 0.3) is 21.8 Å². The van der Waals surface area contributed by atoms with E-state index >= 15 is 0 Å². The summed E-state index contributed by atoms with van der Waals surface area (Å²) < 4.78 is 6.59. The quantitative estimate of drug-likeness (QED) is 0.569. The van der Waals surface area contributed by atoms with Gasteiger partial charge in [0.2, 0.25) is 5.43 Å². The number of methoxy groups -OCH3 is 1. The Morgan fingerprint density at radius 2 is 2.00 bits per heavy atom. The summed E-state index contributed by atoms with van der Waals surface area (Å²) in [6, 6.07) is 9.85. The van der Waals surface area contributed by atoms with E-state index in [1.807, 2.05) is 0 Å². The van der Waals surface area contributed by atoms with Gasteiger partial charge in [0, 0.05) is 18.9 Å². The van der Waals surface area contributed by atoms with Crippen LogP contribution in [-0.2, 0) is 7.05 Å². The summed E-state index contributed by atoms with van der Waals surface area (Å²) >= 11 is 0. The normalized spacial score (nSPS) is 10.9. The number of carbonyl (C=O) groups excluding carboxylic acids is 1. The third kappa shape index (κ3) is 2.81. The van der Waals surface area contributed by atoms with E-state index < -0.39 is 11.3 Å². The van der Waals surface area contributed by atoms with E-state index in [1.165, 1.54) is 24.2 Å². The number of nitrogens with one attached hydrogen (secondary N) is 2. The lowest BCUT2D eigenvalue weighted by Crippen LogP contribution is -2.22. The van der Waals surface area contributed by atoms with E-state index in [9.17, 15) is 14.4 Å². The van der Waals surface area contributed by atoms with Crippen LogP contribution in [0.3, 0.4) is 0 Å². The number of rotatable bonds is 3. The van der Waals surface area contributed by atoms with Crippen LogP contribution in [0.4, 0.5) is 5.69 Å². The molecule has 0 fully saturated rings. The van der Waals surface area contributed by atoms with Crippen LogP contribution in [0.5, 0.6) is 5.75 Å². The maximum atomic E-state index is 12.7. The molecule has 0 radical (unpaired) electrons. The van der Waals surface area contributed by atoms with Crippen molar-refractivity contribution in [3.63, 3.8) is 0 Å². The highest BCUT2D eigenvalue weighted by molar-refractivity contribution is 6.06. The van der Waals surface area contributed by atoms with Crippen LogP contribution in [0, 0.1) is 0 Å². The molecular weight excluding hydrogens is 360 g/mol. The average Bonchev–Trinajstić information content (AvgIpc) is 2.71. The predicted molar refractivity (Wildman–Crippen MR) is 106 cm³/mol. The van der Waals surface area contributed by atoms with E-state index in [2.05, 4.69) is 15.3 Å². The first-order valence-electron chi connectivity index (χ1n) is 8.44. The van der Waals surface area contributed by atoms with Crippen LogP contribution in [0.2, 0.25) is 0 Å². The Morgan fingerprint density at radius 3 is 2.79 bits per heavy atom. The second-order valence-corrected chi connectivity index (χ2v) is 6.26. The van der Waals surface area contributed by atoms with Crippen molar-refractivity contribution >= 4 is 33.4 Å². The number of benzene rings is 2. The number of aryl methyl sites for hydroxylation is 1. The lowest BCUT2D eigenvalue weighted by Gasteiger charge is -2.09. The number of H-pyrrole nitrogens is 1. The number of aromatic amines is 1. The molecule has 0 bridgehead atoms. The van der Waals surface area contributed by atoms with Crippen LogP contribution in [0.15, 0.2) is 58.5 Å². The second kappa shape index (κ2) is 6.66. The largest absolute Gasteiger partial charge is 0.495 e. The number of para-hydroxylation sites is 1. The van der Waals surface area contributed by atoms with Crippen LogP contribution >= 0.6 is 0 Å². The van der Waals surface area contributed by atoms with Crippen molar-refractivity contribution in [2.45, 2.75) is 0 Å². The van der Waals surface area contributed by atoms with E-state index in [1.54, 1.807) is 43.4 Å². The number of anilines is 1. The maximum Gasteiger partial charge on any atom is 0.261 e. The third-order valence-corrected chi connectivity index (χ3v) is 4.52. The van der Waals surface area contributed by atoms with Gasteiger partial charge in [-0.25, -0.2) is 4.98 Å². The lowest BCUT2D eigenvalue weighted by molar-refractivity contribution is 0.102. The first-order valence-corrected chi connectivity index (χ1v) is 8.44. The first-order chi connectivity index (χ1) is 13.5. The predicted octanol–water partition coefficient (Wildman–Crippen LogP) is 2.04. The zero-order valence-electron chi connectivity index (χ0n) is 15.1. The fourth-order valence-electron chi connectivity index (χ4n) is 3.05. The lowest BCUT2D eigenvalue weighted by atomic mass is 10.1. The molecule has 0 aliphatic carbocycles. The number of hydrogen-bond acceptors (Lipinski definition) is 5. The minimum atomic E-state index is -0.578. The second-order valence-electron chi connectivity index (χ2n) is 6.26. The Labute approximate surface area is 158 Å². The summed E-state index contributed by atoms with van der Waals surface area (Å²) in [6.07, 6.45) is 2.79. The topological polar surface area (TPSA) is 106 Å². The molecule has 4 rings (SSSR count). The van der Waals surface area contributed by atoms with Crippen molar-refractivity contribution in [2.75, 3.05) is 12.4 Å². The van der Waals surface area contributed by atoms with Crippen molar-refractivity contribution in [1.29, 1.82) is 0 Å². The molecule has 2 aromatic carbocycles. The molecule has 4 aromatic rings. The Balaban J connectivity index is 1.74. The van der Waals surface area contributed by atoms with E-state index in [0.29, 0.717) is 33.2 Å². The number of amides is 1. The third-order valence-electron chi connectivity index (χ3n) is 4.52. The molecular formula is C20H16N4O4. The summed E-state index contributed by atoms with van der Waals surface area (Å²) in [6.45, 7) is 0. The molecule has 0 spiro atoms. The van der Waals surface area contributed by atoms with Gasteiger partial charge in [0.15, 0.2) is 0 Å². The van der Waals surface area contributed by atoms with Gasteiger partial charge in [-0.1, -0.05) is 6.07 Å². The van der Waals surface area contributed by atoms with E-state index in [0.717, 1.165) is 0 Å². The summed E-state index contributed by atoms with van der Waals surface area (Å²) in [5.41, 5.74) is 0.761. The fraction of sp³-hybridized carbons (Fsp3) is 0.100. The zero-order valence-corrected chi connectivity index (χ0v) is 15.1. The molecule has 8 nitrogen and oxygen atoms in total. The summed E-state index contributed by atoms with van der Waals surface area (Å²) in [4.78, 5) is 44.8. The molecule has 2 aromatic heterocycles. The number of hydrogen-bond donors (Lipinski definition) is 2. The number of nitrogens with zero attached hydrogens (tertiary/aromatic N) is 2. The molecule has 0 atom stereocenters. The number of pyridine rings is 1. The molecule has 0 saturated carbocycles. The molecule has 2 heterocycles. The maximum absolute atomic E-state index is 12.7. The highest BCUT2D eigenvalue weighted by Crippen LogP contribution is 2.21. The van der Waals surface area contributed by atoms with Crippen molar-refractivity contribution < 1.29 is 9.53 Å². The van der Waals surface area contributed by atoms with Crippen molar-refractivity contribution in [3.05, 3.63) is 75.1 Å². The fourth-order valence-corrected chi connectivity index (χ4v) is 3.05. The zero-order chi connectivity index (χ0) is 19.8. The van der Waals surface area contributed by atoms with Gasteiger partial charge >= 0.3 is 0 Å².